The Hall–Kier alpha value is -1.09. The summed E-state index contributed by atoms with van der Waals surface area (Å²) in [6.45, 7) is 5.58. The standard InChI is InChI=1S/C12H16FNO/c1-3-6-14-10-7-15-12-9(13)5-4-8(2)11(10)12/h4-5,10,14H,3,6-7H2,1-2H3. The monoisotopic (exact) mass is 209 g/mol. The van der Waals surface area contributed by atoms with Crippen molar-refractivity contribution in [3.05, 3.63) is 29.1 Å². The van der Waals surface area contributed by atoms with E-state index in [1.807, 2.05) is 13.0 Å². The number of hydrogen-bond acceptors (Lipinski definition) is 2. The normalized spacial score (nSPS) is 18.7. The van der Waals surface area contributed by atoms with Gasteiger partial charge in [-0.3, -0.25) is 0 Å². The number of halogens is 1. The minimum absolute atomic E-state index is 0.149. The van der Waals surface area contributed by atoms with E-state index >= 15 is 0 Å². The molecule has 0 aromatic heterocycles. The Morgan fingerprint density at radius 1 is 1.53 bits per heavy atom. The van der Waals surface area contributed by atoms with E-state index in [4.69, 9.17) is 4.74 Å². The molecule has 1 heterocycles. The lowest BCUT2D eigenvalue weighted by Gasteiger charge is -2.12. The Balaban J connectivity index is 2.28. The molecule has 1 aliphatic rings. The minimum Gasteiger partial charge on any atom is -0.488 e. The number of hydrogen-bond donors (Lipinski definition) is 1. The van der Waals surface area contributed by atoms with E-state index in [9.17, 15) is 4.39 Å². The maximum Gasteiger partial charge on any atom is 0.165 e. The third-order valence-corrected chi connectivity index (χ3v) is 2.75. The van der Waals surface area contributed by atoms with Gasteiger partial charge in [0.2, 0.25) is 0 Å². The van der Waals surface area contributed by atoms with Crippen LogP contribution in [0.1, 0.15) is 30.5 Å². The lowest BCUT2D eigenvalue weighted by molar-refractivity contribution is 0.301. The quantitative estimate of drug-likeness (QED) is 0.826. The zero-order valence-corrected chi connectivity index (χ0v) is 9.14. The molecule has 0 radical (unpaired) electrons. The van der Waals surface area contributed by atoms with Crippen LogP contribution in [0.25, 0.3) is 0 Å². The van der Waals surface area contributed by atoms with Crippen molar-refractivity contribution in [3.63, 3.8) is 0 Å². The first-order chi connectivity index (χ1) is 7.24. The van der Waals surface area contributed by atoms with E-state index < -0.39 is 0 Å². The molecular formula is C12H16FNO. The van der Waals surface area contributed by atoms with Gasteiger partial charge < -0.3 is 10.1 Å². The highest BCUT2D eigenvalue weighted by Gasteiger charge is 2.27. The molecule has 0 spiro atoms. The van der Waals surface area contributed by atoms with Gasteiger partial charge in [-0.05, 0) is 31.5 Å². The summed E-state index contributed by atoms with van der Waals surface area (Å²) in [6.07, 6.45) is 1.07. The van der Waals surface area contributed by atoms with Gasteiger partial charge in [-0.1, -0.05) is 13.0 Å². The summed E-state index contributed by atoms with van der Waals surface area (Å²) < 4.78 is 18.8. The average Bonchev–Trinajstić information content (AvgIpc) is 2.65. The highest BCUT2D eigenvalue weighted by Crippen LogP contribution is 2.36. The summed E-state index contributed by atoms with van der Waals surface area (Å²) in [5.41, 5.74) is 2.08. The van der Waals surface area contributed by atoms with Crippen LogP contribution in [0.4, 0.5) is 4.39 Å². The summed E-state index contributed by atoms with van der Waals surface area (Å²) in [6, 6.07) is 3.43. The molecule has 3 heteroatoms. The molecule has 1 aliphatic heterocycles. The third kappa shape index (κ3) is 1.84. The van der Waals surface area contributed by atoms with Crippen LogP contribution < -0.4 is 10.1 Å². The smallest absolute Gasteiger partial charge is 0.165 e. The van der Waals surface area contributed by atoms with Crippen LogP contribution in [0.3, 0.4) is 0 Å². The SMILES string of the molecule is CCCNC1COc2c(F)ccc(C)c21. The summed E-state index contributed by atoms with van der Waals surface area (Å²) in [7, 11) is 0. The van der Waals surface area contributed by atoms with Gasteiger partial charge >= 0.3 is 0 Å². The molecule has 1 N–H and O–H groups in total. The zero-order valence-electron chi connectivity index (χ0n) is 9.14. The molecule has 2 nitrogen and oxygen atoms in total. The second-order valence-electron chi connectivity index (χ2n) is 3.92. The molecule has 0 bridgehead atoms. The molecule has 0 aliphatic carbocycles. The molecule has 0 amide bonds. The number of fused-ring (bicyclic) bond motifs is 1. The van der Waals surface area contributed by atoms with Gasteiger partial charge in [-0.2, -0.15) is 0 Å². The zero-order chi connectivity index (χ0) is 10.8. The van der Waals surface area contributed by atoms with Crippen molar-refractivity contribution in [2.45, 2.75) is 26.3 Å². The largest absolute Gasteiger partial charge is 0.488 e. The number of ether oxygens (including phenoxy) is 1. The van der Waals surface area contributed by atoms with Crippen molar-refractivity contribution in [3.8, 4) is 5.75 Å². The Morgan fingerprint density at radius 3 is 3.07 bits per heavy atom. The Bertz CT molecular complexity index is 365. The number of nitrogens with one attached hydrogen (secondary N) is 1. The number of rotatable bonds is 3. The van der Waals surface area contributed by atoms with E-state index in [-0.39, 0.29) is 11.9 Å². The fourth-order valence-electron chi connectivity index (χ4n) is 1.98. The summed E-state index contributed by atoms with van der Waals surface area (Å²) in [5.74, 6) is 0.181. The van der Waals surface area contributed by atoms with Crippen LogP contribution in [0, 0.1) is 12.7 Å². The highest BCUT2D eigenvalue weighted by molar-refractivity contribution is 5.45. The van der Waals surface area contributed by atoms with E-state index in [1.54, 1.807) is 0 Å². The summed E-state index contributed by atoms with van der Waals surface area (Å²) in [4.78, 5) is 0. The van der Waals surface area contributed by atoms with E-state index in [1.165, 1.54) is 6.07 Å². The summed E-state index contributed by atoms with van der Waals surface area (Å²) >= 11 is 0. The van der Waals surface area contributed by atoms with Gasteiger partial charge in [0.25, 0.3) is 0 Å². The van der Waals surface area contributed by atoms with E-state index in [0.29, 0.717) is 12.4 Å². The minimum atomic E-state index is -0.253. The Morgan fingerprint density at radius 2 is 2.33 bits per heavy atom. The number of aryl methyl sites for hydroxylation is 1. The second-order valence-corrected chi connectivity index (χ2v) is 3.92. The van der Waals surface area contributed by atoms with Crippen molar-refractivity contribution in [1.29, 1.82) is 0 Å². The van der Waals surface area contributed by atoms with Crippen LogP contribution in [-0.2, 0) is 0 Å². The molecule has 15 heavy (non-hydrogen) atoms. The molecule has 82 valence electrons. The first-order valence-corrected chi connectivity index (χ1v) is 5.39. The third-order valence-electron chi connectivity index (χ3n) is 2.75. The lowest BCUT2D eigenvalue weighted by Crippen LogP contribution is -2.23. The van der Waals surface area contributed by atoms with Gasteiger partial charge in [-0.25, -0.2) is 4.39 Å². The van der Waals surface area contributed by atoms with Crippen molar-refractivity contribution in [1.82, 2.24) is 5.32 Å². The molecule has 1 aromatic carbocycles. The molecule has 0 fully saturated rings. The van der Waals surface area contributed by atoms with Gasteiger partial charge in [0, 0.05) is 5.56 Å². The molecule has 1 unspecified atom stereocenters. The highest BCUT2D eigenvalue weighted by atomic mass is 19.1. The fourth-order valence-corrected chi connectivity index (χ4v) is 1.98. The maximum absolute atomic E-state index is 13.4. The van der Waals surface area contributed by atoms with Gasteiger partial charge in [0.05, 0.1) is 6.04 Å². The predicted octanol–water partition coefficient (Wildman–Crippen LogP) is 2.57. The number of benzene rings is 1. The van der Waals surface area contributed by atoms with Crippen molar-refractivity contribution >= 4 is 0 Å². The van der Waals surface area contributed by atoms with Crippen LogP contribution in [0.5, 0.6) is 5.75 Å². The topological polar surface area (TPSA) is 21.3 Å². The maximum atomic E-state index is 13.4. The molecular weight excluding hydrogens is 193 g/mol. The first-order valence-electron chi connectivity index (χ1n) is 5.39. The average molecular weight is 209 g/mol. The van der Waals surface area contributed by atoms with Gasteiger partial charge in [0.1, 0.15) is 6.61 Å². The van der Waals surface area contributed by atoms with Crippen LogP contribution in [-0.4, -0.2) is 13.2 Å². The molecule has 0 saturated carbocycles. The van der Waals surface area contributed by atoms with Crippen molar-refractivity contribution < 1.29 is 9.13 Å². The molecule has 2 rings (SSSR count). The molecule has 1 aromatic rings. The Kier molecular flexibility index (Phi) is 2.91. The second kappa shape index (κ2) is 4.19. The Labute approximate surface area is 89.4 Å². The van der Waals surface area contributed by atoms with Gasteiger partial charge in [-0.15, -0.1) is 0 Å². The van der Waals surface area contributed by atoms with E-state index in [0.717, 1.165) is 24.1 Å². The lowest BCUT2D eigenvalue weighted by atomic mass is 10.0. The van der Waals surface area contributed by atoms with Crippen LogP contribution >= 0.6 is 0 Å². The van der Waals surface area contributed by atoms with Crippen LogP contribution in [0.2, 0.25) is 0 Å². The molecule has 1 atom stereocenters. The summed E-state index contributed by atoms with van der Waals surface area (Å²) in [5, 5.41) is 3.36. The fraction of sp³-hybridized carbons (Fsp3) is 0.500. The predicted molar refractivity (Wildman–Crippen MR) is 57.7 cm³/mol. The van der Waals surface area contributed by atoms with Crippen molar-refractivity contribution in [2.75, 3.05) is 13.2 Å². The van der Waals surface area contributed by atoms with E-state index in [2.05, 4.69) is 12.2 Å². The van der Waals surface area contributed by atoms with Crippen molar-refractivity contribution in [2.24, 2.45) is 0 Å². The first kappa shape index (κ1) is 10.4. The van der Waals surface area contributed by atoms with Gasteiger partial charge in [0.15, 0.2) is 11.6 Å². The van der Waals surface area contributed by atoms with Crippen LogP contribution in [0.15, 0.2) is 12.1 Å². The molecule has 0 saturated heterocycles.